The predicted molar refractivity (Wildman–Crippen MR) is 256 cm³/mol. The van der Waals surface area contributed by atoms with Gasteiger partial charge in [0, 0.05) is 38.4 Å². The molecule has 0 unspecified atom stereocenters. The quantitative estimate of drug-likeness (QED) is 0.162. The number of fused-ring (bicyclic) bond motifs is 7. The van der Waals surface area contributed by atoms with Crippen LogP contribution >= 0.6 is 0 Å². The third-order valence-corrected chi connectivity index (χ3v) is 12.0. The maximum absolute atomic E-state index is 5.44. The fraction of sp³-hybridized carbons (Fsp3) is 0. The van der Waals surface area contributed by atoms with Crippen LogP contribution in [0.15, 0.2) is 224 Å². The van der Waals surface area contributed by atoms with Crippen LogP contribution in [0, 0.1) is 0 Å². The molecule has 0 N–H and O–H groups in total. The highest BCUT2D eigenvalue weighted by Gasteiger charge is 2.25. The zero-order chi connectivity index (χ0) is 41.0. The summed E-state index contributed by atoms with van der Waals surface area (Å²) >= 11 is 0. The van der Waals surface area contributed by atoms with Crippen LogP contribution < -0.4 is 0 Å². The lowest BCUT2D eigenvalue weighted by Crippen LogP contribution is -2.07. The molecule has 5 nitrogen and oxygen atoms in total. The second-order valence-electron chi connectivity index (χ2n) is 15.6. The molecule has 3 aromatic heterocycles. The zero-order valence-corrected chi connectivity index (χ0v) is 33.6. The molecule has 9 aromatic carbocycles. The Kier molecular flexibility index (Phi) is 8.42. The van der Waals surface area contributed by atoms with Gasteiger partial charge in [0.15, 0.2) is 11.6 Å². The van der Waals surface area contributed by atoms with E-state index in [0.29, 0.717) is 17.6 Å². The Bertz CT molecular complexity index is 3580. The van der Waals surface area contributed by atoms with Crippen LogP contribution in [0.1, 0.15) is 0 Å². The van der Waals surface area contributed by atoms with Crippen LogP contribution in [-0.2, 0) is 0 Å². The Balaban J connectivity index is 1.22. The summed E-state index contributed by atoms with van der Waals surface area (Å²) in [5.41, 5.74) is 14.1. The third kappa shape index (κ3) is 5.90. The number of rotatable bonds is 7. The molecule has 0 aliphatic rings. The topological polar surface area (TPSA) is 48.5 Å². The van der Waals surface area contributed by atoms with E-state index in [1.165, 1.54) is 16.5 Å². The van der Waals surface area contributed by atoms with Crippen molar-refractivity contribution in [1.82, 2.24) is 24.1 Å². The first-order valence-electron chi connectivity index (χ1n) is 21.0. The number of hydrogen-bond acceptors (Lipinski definition) is 3. The van der Waals surface area contributed by atoms with E-state index in [-0.39, 0.29) is 0 Å². The van der Waals surface area contributed by atoms with Crippen molar-refractivity contribution >= 4 is 43.6 Å². The molecule has 3 heterocycles. The normalized spacial score (nSPS) is 11.5. The molecule has 0 saturated heterocycles. The molecule has 0 aliphatic carbocycles. The Morgan fingerprint density at radius 3 is 1.40 bits per heavy atom. The summed E-state index contributed by atoms with van der Waals surface area (Å²) in [6, 6.07) is 79.2. The molecule has 0 spiro atoms. The van der Waals surface area contributed by atoms with Crippen LogP contribution in [-0.4, -0.2) is 24.1 Å². The molecule has 0 atom stereocenters. The molecule has 12 aromatic rings. The van der Waals surface area contributed by atoms with Gasteiger partial charge in [0.1, 0.15) is 0 Å². The molecule has 0 saturated carbocycles. The number of para-hydroxylation sites is 1. The summed E-state index contributed by atoms with van der Waals surface area (Å²) in [6.45, 7) is 0. The number of nitrogens with zero attached hydrogens (tertiary/aromatic N) is 5. The molecular weight excluding hydrogens is 755 g/mol. The molecule has 0 bridgehead atoms. The molecule has 0 amide bonds. The third-order valence-electron chi connectivity index (χ3n) is 12.0. The minimum absolute atomic E-state index is 0.548. The van der Waals surface area contributed by atoms with E-state index >= 15 is 0 Å². The van der Waals surface area contributed by atoms with Crippen LogP contribution in [0.3, 0.4) is 0 Å². The number of aromatic nitrogens is 5. The van der Waals surface area contributed by atoms with Gasteiger partial charge in [-0.2, -0.15) is 9.97 Å². The molecule has 0 radical (unpaired) electrons. The Morgan fingerprint density at radius 1 is 0.290 bits per heavy atom. The van der Waals surface area contributed by atoms with Crippen LogP contribution in [0.5, 0.6) is 0 Å². The van der Waals surface area contributed by atoms with E-state index in [9.17, 15) is 0 Å². The fourth-order valence-electron chi connectivity index (χ4n) is 9.12. The van der Waals surface area contributed by atoms with E-state index in [0.717, 1.165) is 77.3 Å². The minimum atomic E-state index is 0.548. The monoisotopic (exact) mass is 791 g/mol. The van der Waals surface area contributed by atoms with Gasteiger partial charge in [-0.25, -0.2) is 4.98 Å². The smallest absolute Gasteiger partial charge is 0.238 e. The van der Waals surface area contributed by atoms with Crippen LogP contribution in [0.25, 0.3) is 111 Å². The van der Waals surface area contributed by atoms with E-state index in [1.54, 1.807) is 0 Å². The van der Waals surface area contributed by atoms with Gasteiger partial charge in [-0.15, -0.1) is 0 Å². The van der Waals surface area contributed by atoms with Crippen LogP contribution in [0.4, 0.5) is 0 Å². The molecule has 0 fully saturated rings. The highest BCUT2D eigenvalue weighted by Crippen LogP contribution is 2.45. The number of hydrogen-bond donors (Lipinski definition) is 0. The summed E-state index contributed by atoms with van der Waals surface area (Å²) < 4.78 is 4.71. The van der Waals surface area contributed by atoms with Crippen molar-refractivity contribution in [3.63, 3.8) is 0 Å². The maximum atomic E-state index is 5.44. The van der Waals surface area contributed by atoms with Gasteiger partial charge in [0.05, 0.1) is 22.1 Å². The molecule has 0 aliphatic heterocycles. The Labute approximate surface area is 358 Å². The van der Waals surface area contributed by atoms with Gasteiger partial charge in [-0.1, -0.05) is 200 Å². The second kappa shape index (κ2) is 14.7. The van der Waals surface area contributed by atoms with Gasteiger partial charge in [-0.3, -0.25) is 4.57 Å². The fourth-order valence-corrected chi connectivity index (χ4v) is 9.12. The van der Waals surface area contributed by atoms with Gasteiger partial charge in [0.25, 0.3) is 0 Å². The average molecular weight is 792 g/mol. The van der Waals surface area contributed by atoms with Crippen molar-refractivity contribution in [2.75, 3.05) is 0 Å². The van der Waals surface area contributed by atoms with Gasteiger partial charge in [-0.05, 0) is 57.6 Å². The lowest BCUT2D eigenvalue weighted by Gasteiger charge is -2.13. The van der Waals surface area contributed by atoms with Crippen molar-refractivity contribution in [1.29, 1.82) is 0 Å². The lowest BCUT2D eigenvalue weighted by molar-refractivity contribution is 0.953. The summed E-state index contributed by atoms with van der Waals surface area (Å²) in [5.74, 6) is 1.76. The summed E-state index contributed by atoms with van der Waals surface area (Å²) in [6.07, 6.45) is 0. The Hall–Kier alpha value is -8.41. The average Bonchev–Trinajstić information content (AvgIpc) is 3.88. The minimum Gasteiger partial charge on any atom is -0.307 e. The first-order chi connectivity index (χ1) is 30.8. The SMILES string of the molecule is c1ccc(-c2ccc(-c3nc(-c4ccccc4)nc(-n4c5cc(-c6ccccc6)ccc5c5ccc6c7c(-c8ccccc8)cccc7n(-c7ccccc7)c6c54)n3)cc2)cc1. The summed E-state index contributed by atoms with van der Waals surface area (Å²) in [5, 5.41) is 4.58. The van der Waals surface area contributed by atoms with Crippen LogP contribution in [0.2, 0.25) is 0 Å². The van der Waals surface area contributed by atoms with Gasteiger partial charge >= 0.3 is 0 Å². The zero-order valence-electron chi connectivity index (χ0n) is 33.6. The van der Waals surface area contributed by atoms with E-state index < -0.39 is 0 Å². The standard InChI is InChI=1S/C57H37N5/c1-6-17-38(18-7-1)40-29-31-43(32-30-40)56-58-55(42-23-12-4-13-24-42)59-57(60-56)62-51-37-44(39-19-8-2-9-20-39)33-34-47(51)48-35-36-49-52-46(41-21-10-3-11-22-41)27-16-28-50(52)61(54(49)53(48)62)45-25-14-5-15-26-45/h1-37H. The van der Waals surface area contributed by atoms with Crippen molar-refractivity contribution < 1.29 is 0 Å². The first-order valence-corrected chi connectivity index (χ1v) is 21.0. The molecule has 290 valence electrons. The Morgan fingerprint density at radius 2 is 0.758 bits per heavy atom. The molecular formula is C57H37N5. The second-order valence-corrected chi connectivity index (χ2v) is 15.6. The van der Waals surface area contributed by atoms with Crippen molar-refractivity contribution in [3.8, 4) is 67.8 Å². The van der Waals surface area contributed by atoms with E-state index in [2.05, 4.69) is 209 Å². The number of benzene rings is 9. The van der Waals surface area contributed by atoms with E-state index in [4.69, 9.17) is 15.0 Å². The highest BCUT2D eigenvalue weighted by molar-refractivity contribution is 6.26. The largest absolute Gasteiger partial charge is 0.307 e. The van der Waals surface area contributed by atoms with Crippen molar-refractivity contribution in [2.24, 2.45) is 0 Å². The van der Waals surface area contributed by atoms with E-state index in [1.807, 2.05) is 24.3 Å². The lowest BCUT2D eigenvalue weighted by atomic mass is 9.99. The summed E-state index contributed by atoms with van der Waals surface area (Å²) in [7, 11) is 0. The molecule has 62 heavy (non-hydrogen) atoms. The van der Waals surface area contributed by atoms with Gasteiger partial charge < -0.3 is 4.57 Å². The van der Waals surface area contributed by atoms with Crippen molar-refractivity contribution in [3.05, 3.63) is 224 Å². The van der Waals surface area contributed by atoms with Gasteiger partial charge in [0.2, 0.25) is 5.95 Å². The molecule has 12 rings (SSSR count). The molecule has 5 heteroatoms. The first kappa shape index (κ1) is 35.5. The predicted octanol–water partition coefficient (Wildman–Crippen LogP) is 14.4. The summed E-state index contributed by atoms with van der Waals surface area (Å²) in [4.78, 5) is 16.0. The maximum Gasteiger partial charge on any atom is 0.238 e. The van der Waals surface area contributed by atoms with Crippen molar-refractivity contribution in [2.45, 2.75) is 0 Å². The highest BCUT2D eigenvalue weighted by atomic mass is 15.2.